The van der Waals surface area contributed by atoms with Gasteiger partial charge in [-0.05, 0) is 68.3 Å². The third kappa shape index (κ3) is 5.59. The molecule has 0 aliphatic carbocycles. The Hall–Kier alpha value is -3.51. The van der Waals surface area contributed by atoms with Crippen molar-refractivity contribution in [2.45, 2.75) is 52.5 Å². The van der Waals surface area contributed by atoms with Crippen molar-refractivity contribution < 1.29 is 9.18 Å². The summed E-state index contributed by atoms with van der Waals surface area (Å²) >= 11 is 6.21. The van der Waals surface area contributed by atoms with Gasteiger partial charge in [0.2, 0.25) is 0 Å². The fourth-order valence-corrected chi connectivity index (χ4v) is 4.87. The van der Waals surface area contributed by atoms with Gasteiger partial charge in [0.15, 0.2) is 0 Å². The van der Waals surface area contributed by atoms with Gasteiger partial charge in [-0.25, -0.2) is 9.37 Å². The molecule has 4 aromatic rings. The average Bonchev–Trinajstić information content (AvgIpc) is 2.89. The second-order valence-corrected chi connectivity index (χ2v) is 9.71. The van der Waals surface area contributed by atoms with Crippen molar-refractivity contribution in [2.24, 2.45) is 0 Å². The molecule has 0 aliphatic rings. The van der Waals surface area contributed by atoms with Crippen molar-refractivity contribution in [1.29, 1.82) is 0 Å². The van der Waals surface area contributed by atoms with Crippen LogP contribution in [0.25, 0.3) is 16.6 Å². The molecule has 0 aliphatic heterocycles. The van der Waals surface area contributed by atoms with Crippen molar-refractivity contribution in [3.8, 4) is 5.69 Å². The maximum atomic E-state index is 14.7. The quantitative estimate of drug-likeness (QED) is 0.218. The first kappa shape index (κ1) is 26.6. The minimum absolute atomic E-state index is 0.00204. The molecule has 3 aromatic carbocycles. The fraction of sp³-hybridized carbons (Fsp3) is 0.300. The minimum atomic E-state index is -0.610. The number of aryl methyl sites for hydroxylation is 1. The molecule has 1 atom stereocenters. The third-order valence-electron chi connectivity index (χ3n) is 6.66. The van der Waals surface area contributed by atoms with Gasteiger partial charge in [0, 0.05) is 11.6 Å². The lowest BCUT2D eigenvalue weighted by Gasteiger charge is -2.31. The molecule has 1 aromatic heterocycles. The highest BCUT2D eigenvalue weighted by molar-refractivity contribution is 6.30. The van der Waals surface area contributed by atoms with Crippen LogP contribution in [0.1, 0.15) is 67.3 Å². The molecule has 0 N–H and O–H groups in total. The summed E-state index contributed by atoms with van der Waals surface area (Å²) in [5.41, 5.74) is 1.75. The summed E-state index contributed by atoms with van der Waals surface area (Å²) in [6, 6.07) is 17.9. The van der Waals surface area contributed by atoms with E-state index >= 15 is 0 Å². The number of carbonyl (C=O) groups is 1. The zero-order valence-electron chi connectivity index (χ0n) is 21.4. The Morgan fingerprint density at radius 2 is 1.78 bits per heavy atom. The van der Waals surface area contributed by atoms with Crippen LogP contribution in [0.2, 0.25) is 5.02 Å². The van der Waals surface area contributed by atoms with Crippen molar-refractivity contribution >= 4 is 28.4 Å². The maximum Gasteiger partial charge on any atom is 0.266 e. The van der Waals surface area contributed by atoms with E-state index in [0.717, 1.165) is 31.2 Å². The molecular weight excluding hydrogens is 489 g/mol. The molecule has 5 nitrogen and oxygen atoms in total. The highest BCUT2D eigenvalue weighted by Gasteiger charge is 2.29. The van der Waals surface area contributed by atoms with E-state index in [-0.39, 0.29) is 11.1 Å². The smallest absolute Gasteiger partial charge is 0.266 e. The first-order valence-electron chi connectivity index (χ1n) is 12.7. The van der Waals surface area contributed by atoms with Crippen LogP contribution in [0.3, 0.4) is 0 Å². The summed E-state index contributed by atoms with van der Waals surface area (Å²) in [4.78, 5) is 34.1. The van der Waals surface area contributed by atoms with Gasteiger partial charge in [-0.1, -0.05) is 62.1 Å². The number of aromatic nitrogens is 2. The van der Waals surface area contributed by atoms with E-state index in [0.29, 0.717) is 34.0 Å². The Morgan fingerprint density at radius 3 is 2.51 bits per heavy atom. The van der Waals surface area contributed by atoms with Gasteiger partial charge < -0.3 is 4.90 Å². The number of halogens is 2. The zero-order valence-corrected chi connectivity index (χ0v) is 22.1. The first-order chi connectivity index (χ1) is 17.8. The number of rotatable bonds is 9. The van der Waals surface area contributed by atoms with E-state index in [9.17, 15) is 14.0 Å². The number of amides is 1. The molecule has 0 saturated heterocycles. The van der Waals surface area contributed by atoms with Gasteiger partial charge in [0.25, 0.3) is 11.5 Å². The Morgan fingerprint density at radius 1 is 1.05 bits per heavy atom. The standard InChI is InChI=1S/C30H31ClFN3O2/c1-4-5-6-11-18-34(29(36)23-12-7-9-14-25(23)32)21(3)28-33-26-15-10-8-13-24(26)30(37)35(28)27-17-16-22(31)19-20(27)2/h7-10,12-17,19,21H,4-6,11,18H2,1-3H3. The SMILES string of the molecule is CCCCCCN(C(=O)c1ccccc1F)C(C)c1nc2ccccc2c(=O)n1-c1ccc(Cl)cc1C. The van der Waals surface area contributed by atoms with Gasteiger partial charge in [0.1, 0.15) is 11.6 Å². The van der Waals surface area contributed by atoms with E-state index in [2.05, 4.69) is 6.92 Å². The summed E-state index contributed by atoms with van der Waals surface area (Å²) in [6.45, 7) is 6.26. The Kier molecular flexibility index (Phi) is 8.39. The number of nitrogens with zero attached hydrogens (tertiary/aromatic N) is 3. The summed E-state index contributed by atoms with van der Waals surface area (Å²) in [6.07, 6.45) is 3.80. The number of carbonyl (C=O) groups excluding carboxylic acids is 1. The first-order valence-corrected chi connectivity index (χ1v) is 13.0. The van der Waals surface area contributed by atoms with Crippen LogP contribution in [0.4, 0.5) is 4.39 Å². The average molecular weight is 520 g/mol. The zero-order chi connectivity index (χ0) is 26.5. The van der Waals surface area contributed by atoms with E-state index < -0.39 is 17.8 Å². The van der Waals surface area contributed by atoms with Gasteiger partial charge in [-0.3, -0.25) is 14.2 Å². The molecule has 37 heavy (non-hydrogen) atoms. The lowest BCUT2D eigenvalue weighted by Crippen LogP contribution is -2.38. The number of unbranched alkanes of at least 4 members (excludes halogenated alkanes) is 3. The van der Waals surface area contributed by atoms with Crippen molar-refractivity contribution in [1.82, 2.24) is 14.5 Å². The molecule has 0 saturated carbocycles. The van der Waals surface area contributed by atoms with E-state index in [1.165, 1.54) is 12.1 Å². The van der Waals surface area contributed by atoms with Crippen LogP contribution in [-0.4, -0.2) is 26.9 Å². The minimum Gasteiger partial charge on any atom is -0.329 e. The number of fused-ring (bicyclic) bond motifs is 1. The molecule has 192 valence electrons. The fourth-order valence-electron chi connectivity index (χ4n) is 4.64. The third-order valence-corrected chi connectivity index (χ3v) is 6.90. The second kappa shape index (κ2) is 11.7. The lowest BCUT2D eigenvalue weighted by atomic mass is 10.1. The summed E-state index contributed by atoms with van der Waals surface area (Å²) in [7, 11) is 0. The molecule has 0 radical (unpaired) electrons. The predicted molar refractivity (Wildman–Crippen MR) is 147 cm³/mol. The van der Waals surface area contributed by atoms with Crippen molar-refractivity contribution in [2.75, 3.05) is 6.54 Å². The van der Waals surface area contributed by atoms with Gasteiger partial charge in [-0.15, -0.1) is 0 Å². The van der Waals surface area contributed by atoms with Crippen LogP contribution < -0.4 is 5.56 Å². The summed E-state index contributed by atoms with van der Waals surface area (Å²) < 4.78 is 16.2. The normalized spacial score (nSPS) is 12.0. The molecule has 1 heterocycles. The molecule has 7 heteroatoms. The summed E-state index contributed by atoms with van der Waals surface area (Å²) in [5, 5.41) is 1.03. The topological polar surface area (TPSA) is 55.2 Å². The van der Waals surface area contributed by atoms with Gasteiger partial charge in [-0.2, -0.15) is 0 Å². The number of hydrogen-bond donors (Lipinski definition) is 0. The van der Waals surface area contributed by atoms with Crippen LogP contribution in [0.5, 0.6) is 0 Å². The Balaban J connectivity index is 1.90. The summed E-state index contributed by atoms with van der Waals surface area (Å²) in [5.74, 6) is -0.589. The van der Waals surface area contributed by atoms with Crippen LogP contribution in [0, 0.1) is 12.7 Å². The largest absolute Gasteiger partial charge is 0.329 e. The van der Waals surface area contributed by atoms with Gasteiger partial charge in [0.05, 0.1) is 28.2 Å². The second-order valence-electron chi connectivity index (χ2n) is 9.27. The van der Waals surface area contributed by atoms with Crippen LogP contribution in [-0.2, 0) is 0 Å². The molecular formula is C30H31ClFN3O2. The Labute approximate surface area is 221 Å². The lowest BCUT2D eigenvalue weighted by molar-refractivity contribution is 0.0672. The van der Waals surface area contributed by atoms with E-state index in [4.69, 9.17) is 16.6 Å². The van der Waals surface area contributed by atoms with Crippen LogP contribution >= 0.6 is 11.6 Å². The van der Waals surface area contributed by atoms with Crippen LogP contribution in [0.15, 0.2) is 71.5 Å². The number of benzene rings is 3. The van der Waals surface area contributed by atoms with E-state index in [1.807, 2.05) is 19.9 Å². The highest BCUT2D eigenvalue weighted by Crippen LogP contribution is 2.27. The van der Waals surface area contributed by atoms with Crippen molar-refractivity contribution in [3.63, 3.8) is 0 Å². The predicted octanol–water partition coefficient (Wildman–Crippen LogP) is 7.27. The van der Waals surface area contributed by atoms with Crippen molar-refractivity contribution in [3.05, 3.63) is 105 Å². The molecule has 1 unspecified atom stereocenters. The number of para-hydroxylation sites is 1. The highest BCUT2D eigenvalue weighted by atomic mass is 35.5. The maximum absolute atomic E-state index is 14.7. The monoisotopic (exact) mass is 519 g/mol. The molecule has 0 fully saturated rings. The molecule has 1 amide bonds. The number of hydrogen-bond acceptors (Lipinski definition) is 3. The van der Waals surface area contributed by atoms with E-state index in [1.54, 1.807) is 58.0 Å². The molecule has 0 bridgehead atoms. The molecule has 0 spiro atoms. The Bertz CT molecular complexity index is 1480. The van der Waals surface area contributed by atoms with Gasteiger partial charge >= 0.3 is 0 Å². The molecule has 4 rings (SSSR count).